The number of aromatic nitrogens is 1. The lowest BCUT2D eigenvalue weighted by atomic mass is 9.98. The van der Waals surface area contributed by atoms with Crippen LogP contribution in [-0.4, -0.2) is 34.8 Å². The highest BCUT2D eigenvalue weighted by molar-refractivity contribution is 7.15. The third-order valence-corrected chi connectivity index (χ3v) is 5.85. The first-order valence-electron chi connectivity index (χ1n) is 8.55. The average Bonchev–Trinajstić information content (AvgIpc) is 2.98. The maximum absolute atomic E-state index is 13.3. The van der Waals surface area contributed by atoms with Crippen molar-refractivity contribution in [2.45, 2.75) is 25.7 Å². The van der Waals surface area contributed by atoms with Gasteiger partial charge in [0.15, 0.2) is 16.8 Å². The van der Waals surface area contributed by atoms with Crippen molar-refractivity contribution in [3.05, 3.63) is 46.0 Å². The lowest BCUT2D eigenvalue weighted by molar-refractivity contribution is -0.123. The van der Waals surface area contributed by atoms with E-state index in [0.717, 1.165) is 43.5 Å². The Balaban J connectivity index is 1.33. The Morgan fingerprint density at radius 2 is 1.92 bits per heavy atom. The molecule has 4 rings (SSSR count). The Kier molecular flexibility index (Phi) is 4.44. The van der Waals surface area contributed by atoms with Crippen molar-refractivity contribution in [3.8, 4) is 0 Å². The maximum atomic E-state index is 13.3. The predicted octanol–water partition coefficient (Wildman–Crippen LogP) is 3.01. The molecule has 2 amide bonds. The van der Waals surface area contributed by atoms with E-state index in [1.165, 1.54) is 27.2 Å². The van der Waals surface area contributed by atoms with Gasteiger partial charge in [0.1, 0.15) is 0 Å². The second kappa shape index (κ2) is 6.75. The number of thiazole rings is 1. The maximum Gasteiger partial charge on any atom is 0.254 e. The van der Waals surface area contributed by atoms with Gasteiger partial charge in [0, 0.05) is 23.5 Å². The number of halogens is 2. The predicted molar refractivity (Wildman–Crippen MR) is 93.1 cm³/mol. The summed E-state index contributed by atoms with van der Waals surface area (Å²) in [4.78, 5) is 31.7. The molecule has 0 radical (unpaired) electrons. The molecular formula is C18H17F2N3O2S. The van der Waals surface area contributed by atoms with Crippen molar-refractivity contribution in [1.29, 1.82) is 0 Å². The molecule has 1 saturated heterocycles. The van der Waals surface area contributed by atoms with Crippen molar-refractivity contribution in [2.75, 3.05) is 18.4 Å². The monoisotopic (exact) mass is 377 g/mol. The summed E-state index contributed by atoms with van der Waals surface area (Å²) in [5.74, 6) is -2.93. The number of rotatable bonds is 3. The molecule has 136 valence electrons. The normalized spacial score (nSPS) is 16.8. The smallest absolute Gasteiger partial charge is 0.254 e. The van der Waals surface area contributed by atoms with Crippen LogP contribution in [0.3, 0.4) is 0 Å². The molecule has 1 fully saturated rings. The van der Waals surface area contributed by atoms with E-state index in [1.54, 1.807) is 0 Å². The standard InChI is InChI=1S/C18H17F2N3O2S/c19-12-6-5-10(7-13(12)20)17(25)23-8-11(9-23)16(24)22-18-21-14-3-1-2-4-15(14)26-18/h5-7,11H,1-4,8-9H2,(H,21,22,24). The molecule has 0 bridgehead atoms. The summed E-state index contributed by atoms with van der Waals surface area (Å²) in [5, 5.41) is 3.46. The molecular weight excluding hydrogens is 360 g/mol. The second-order valence-electron chi connectivity index (χ2n) is 6.62. The highest BCUT2D eigenvalue weighted by Crippen LogP contribution is 2.30. The lowest BCUT2D eigenvalue weighted by Crippen LogP contribution is -2.54. The Bertz CT molecular complexity index is 854. The molecule has 2 aliphatic rings. The van der Waals surface area contributed by atoms with Crippen LogP contribution in [0.1, 0.15) is 33.8 Å². The summed E-state index contributed by atoms with van der Waals surface area (Å²) in [7, 11) is 0. The minimum Gasteiger partial charge on any atom is -0.337 e. The Hall–Kier alpha value is -2.35. The number of likely N-dealkylation sites (tertiary alicyclic amines) is 1. The number of nitrogens with one attached hydrogen (secondary N) is 1. The van der Waals surface area contributed by atoms with Gasteiger partial charge in [0.05, 0.1) is 11.6 Å². The number of carbonyl (C=O) groups excluding carboxylic acids is 2. The van der Waals surface area contributed by atoms with Crippen molar-refractivity contribution >= 4 is 28.3 Å². The topological polar surface area (TPSA) is 62.3 Å². The molecule has 1 aliphatic carbocycles. The van der Waals surface area contributed by atoms with Gasteiger partial charge in [-0.05, 0) is 43.9 Å². The molecule has 26 heavy (non-hydrogen) atoms. The molecule has 5 nitrogen and oxygen atoms in total. The number of hydrogen-bond acceptors (Lipinski definition) is 4. The zero-order chi connectivity index (χ0) is 18.3. The van der Waals surface area contributed by atoms with E-state index in [9.17, 15) is 18.4 Å². The second-order valence-corrected chi connectivity index (χ2v) is 7.70. The van der Waals surface area contributed by atoms with Crippen LogP contribution in [-0.2, 0) is 17.6 Å². The first-order chi connectivity index (χ1) is 12.5. The van der Waals surface area contributed by atoms with Crippen LogP contribution in [0.15, 0.2) is 18.2 Å². The minimum absolute atomic E-state index is 0.0790. The fraction of sp³-hybridized carbons (Fsp3) is 0.389. The number of fused-ring (bicyclic) bond motifs is 1. The van der Waals surface area contributed by atoms with Crippen LogP contribution in [0, 0.1) is 17.6 Å². The highest BCUT2D eigenvalue weighted by Gasteiger charge is 2.36. The number of hydrogen-bond donors (Lipinski definition) is 1. The highest BCUT2D eigenvalue weighted by atomic mass is 32.1. The molecule has 8 heteroatoms. The van der Waals surface area contributed by atoms with Crippen LogP contribution >= 0.6 is 11.3 Å². The number of anilines is 1. The van der Waals surface area contributed by atoms with Crippen molar-refractivity contribution in [2.24, 2.45) is 5.92 Å². The first-order valence-corrected chi connectivity index (χ1v) is 9.36. The SMILES string of the molecule is O=C(Nc1nc2c(s1)CCCC2)C1CN(C(=O)c2ccc(F)c(F)c2)C1. The molecule has 2 aromatic rings. The Morgan fingerprint density at radius 3 is 2.65 bits per heavy atom. The molecule has 0 saturated carbocycles. The number of amides is 2. The van der Waals surface area contributed by atoms with Crippen LogP contribution in [0.2, 0.25) is 0 Å². The average molecular weight is 377 g/mol. The molecule has 1 aromatic carbocycles. The zero-order valence-corrected chi connectivity index (χ0v) is 14.7. The quantitative estimate of drug-likeness (QED) is 0.894. The van der Waals surface area contributed by atoms with E-state index >= 15 is 0 Å². The lowest BCUT2D eigenvalue weighted by Gasteiger charge is -2.38. The van der Waals surface area contributed by atoms with Crippen molar-refractivity contribution in [1.82, 2.24) is 9.88 Å². The Labute approximate surface area is 153 Å². The summed E-state index contributed by atoms with van der Waals surface area (Å²) < 4.78 is 26.2. The van der Waals surface area contributed by atoms with Gasteiger partial charge < -0.3 is 10.2 Å². The van der Waals surface area contributed by atoms with Crippen molar-refractivity contribution in [3.63, 3.8) is 0 Å². The van der Waals surface area contributed by atoms with Crippen molar-refractivity contribution < 1.29 is 18.4 Å². The molecule has 1 aliphatic heterocycles. The van der Waals surface area contributed by atoms with E-state index < -0.39 is 17.5 Å². The van der Waals surface area contributed by atoms with Crippen LogP contribution in [0.5, 0.6) is 0 Å². The third kappa shape index (κ3) is 3.21. The number of carbonyl (C=O) groups is 2. The van der Waals surface area contributed by atoms with E-state index in [0.29, 0.717) is 5.13 Å². The first kappa shape index (κ1) is 17.1. The summed E-state index contributed by atoms with van der Waals surface area (Å²) in [6, 6.07) is 3.05. The van der Waals surface area contributed by atoms with Crippen LogP contribution < -0.4 is 5.32 Å². The largest absolute Gasteiger partial charge is 0.337 e. The van der Waals surface area contributed by atoms with Gasteiger partial charge in [-0.2, -0.15) is 0 Å². The number of aryl methyl sites for hydroxylation is 2. The molecule has 1 aromatic heterocycles. The van der Waals surface area contributed by atoms with Crippen LogP contribution in [0.4, 0.5) is 13.9 Å². The fourth-order valence-electron chi connectivity index (χ4n) is 3.23. The molecule has 0 atom stereocenters. The van der Waals surface area contributed by atoms with E-state index in [4.69, 9.17) is 0 Å². The van der Waals surface area contributed by atoms with Gasteiger partial charge in [0.2, 0.25) is 5.91 Å². The summed E-state index contributed by atoms with van der Waals surface area (Å²) in [6.45, 7) is 0.517. The summed E-state index contributed by atoms with van der Waals surface area (Å²) in [5.41, 5.74) is 1.16. The summed E-state index contributed by atoms with van der Waals surface area (Å²) in [6.07, 6.45) is 4.27. The Morgan fingerprint density at radius 1 is 1.15 bits per heavy atom. The number of benzene rings is 1. The van der Waals surface area contributed by atoms with Gasteiger partial charge in [0.25, 0.3) is 5.91 Å². The summed E-state index contributed by atoms with van der Waals surface area (Å²) >= 11 is 1.52. The van der Waals surface area contributed by atoms with Gasteiger partial charge in [-0.3, -0.25) is 9.59 Å². The molecule has 0 spiro atoms. The molecule has 2 heterocycles. The third-order valence-electron chi connectivity index (χ3n) is 4.78. The van der Waals surface area contributed by atoms with E-state index in [1.807, 2.05) is 0 Å². The van der Waals surface area contributed by atoms with Gasteiger partial charge in [-0.1, -0.05) is 0 Å². The molecule has 1 N–H and O–H groups in total. The van der Waals surface area contributed by atoms with Gasteiger partial charge >= 0.3 is 0 Å². The van der Waals surface area contributed by atoms with E-state index in [-0.39, 0.29) is 30.5 Å². The van der Waals surface area contributed by atoms with Crippen LogP contribution in [0.25, 0.3) is 0 Å². The fourth-order valence-corrected chi connectivity index (χ4v) is 4.29. The van der Waals surface area contributed by atoms with Gasteiger partial charge in [-0.15, -0.1) is 11.3 Å². The van der Waals surface area contributed by atoms with E-state index in [2.05, 4.69) is 10.3 Å². The minimum atomic E-state index is -1.06. The molecule has 0 unspecified atom stereocenters. The van der Waals surface area contributed by atoms with Gasteiger partial charge in [-0.25, -0.2) is 13.8 Å². The zero-order valence-electron chi connectivity index (χ0n) is 13.9. The number of nitrogens with zero attached hydrogens (tertiary/aromatic N) is 2.